The Labute approximate surface area is 156 Å². The minimum atomic E-state index is 0. The van der Waals surface area contributed by atoms with E-state index in [4.69, 9.17) is 16.3 Å². The Bertz CT molecular complexity index is 556. The van der Waals surface area contributed by atoms with Gasteiger partial charge in [-0.1, -0.05) is 11.6 Å². The van der Waals surface area contributed by atoms with Gasteiger partial charge in [0, 0.05) is 23.7 Å². The highest BCUT2D eigenvalue weighted by molar-refractivity contribution is 6.30. The van der Waals surface area contributed by atoms with Gasteiger partial charge >= 0.3 is 0 Å². The van der Waals surface area contributed by atoms with E-state index in [2.05, 4.69) is 22.3 Å². The van der Waals surface area contributed by atoms with Gasteiger partial charge in [-0.15, -0.1) is 12.4 Å². The number of ether oxygens (including phenoxy) is 1. The number of hydrogen-bond acceptors (Lipinski definition) is 3. The van der Waals surface area contributed by atoms with Gasteiger partial charge in [0.05, 0.1) is 6.61 Å². The monoisotopic (exact) mass is 370 g/mol. The summed E-state index contributed by atoms with van der Waals surface area (Å²) in [6.07, 6.45) is 6.64. The van der Waals surface area contributed by atoms with E-state index < -0.39 is 0 Å². The first-order valence-corrected chi connectivity index (χ1v) is 9.45. The van der Waals surface area contributed by atoms with E-state index >= 15 is 0 Å². The largest absolute Gasteiger partial charge is 0.493 e. The molecule has 1 aromatic rings. The maximum Gasteiger partial charge on any atom is 0.123 e. The van der Waals surface area contributed by atoms with Crippen LogP contribution >= 0.6 is 24.0 Å². The molecule has 2 saturated heterocycles. The molecule has 0 amide bonds. The van der Waals surface area contributed by atoms with Crippen LogP contribution in [0, 0.1) is 11.3 Å². The lowest BCUT2D eigenvalue weighted by Crippen LogP contribution is -2.38. The smallest absolute Gasteiger partial charge is 0.123 e. The van der Waals surface area contributed by atoms with Gasteiger partial charge in [-0.25, -0.2) is 0 Å². The van der Waals surface area contributed by atoms with Crippen LogP contribution in [0.4, 0.5) is 0 Å². The zero-order chi connectivity index (χ0) is 15.7. The van der Waals surface area contributed by atoms with E-state index in [1.807, 2.05) is 6.07 Å². The van der Waals surface area contributed by atoms with Crippen LogP contribution in [0.25, 0.3) is 0 Å². The fourth-order valence-electron chi connectivity index (χ4n) is 4.07. The third-order valence-electron chi connectivity index (χ3n) is 5.77. The van der Waals surface area contributed by atoms with Crippen molar-refractivity contribution in [2.75, 3.05) is 32.8 Å². The fraction of sp³-hybridized carbons (Fsp3) is 0.684. The van der Waals surface area contributed by atoms with Crippen molar-refractivity contribution in [2.45, 2.75) is 38.6 Å². The zero-order valence-corrected chi connectivity index (χ0v) is 15.8. The van der Waals surface area contributed by atoms with Crippen molar-refractivity contribution >= 4 is 24.0 Å². The van der Waals surface area contributed by atoms with Crippen molar-refractivity contribution in [2.24, 2.45) is 11.3 Å². The summed E-state index contributed by atoms with van der Waals surface area (Å²) < 4.78 is 6.07. The second kappa shape index (κ2) is 7.82. The number of piperidine rings is 1. The Hall–Kier alpha value is -0.480. The molecule has 0 radical (unpaired) electrons. The zero-order valence-electron chi connectivity index (χ0n) is 14.2. The summed E-state index contributed by atoms with van der Waals surface area (Å²) in [7, 11) is 0. The number of halogens is 2. The molecule has 0 aromatic heterocycles. The predicted octanol–water partition coefficient (Wildman–Crippen LogP) is 4.13. The van der Waals surface area contributed by atoms with Crippen LogP contribution in [-0.2, 0) is 6.54 Å². The maximum absolute atomic E-state index is 6.24. The normalized spacial score (nSPS) is 23.2. The predicted molar refractivity (Wildman–Crippen MR) is 101 cm³/mol. The summed E-state index contributed by atoms with van der Waals surface area (Å²) in [5.74, 6) is 1.82. The third-order valence-corrected chi connectivity index (χ3v) is 6.00. The standard InChI is InChI=1S/C19H27ClN2O.ClH/c20-17-3-4-18(23-13-15-1-2-15)16(11-17)12-22-10-7-19(14-22)5-8-21-9-6-19;/h3-4,11,15,21H,1-2,5-10,12-14H2;1H. The number of rotatable bonds is 5. The topological polar surface area (TPSA) is 24.5 Å². The molecule has 3 nitrogen and oxygen atoms in total. The molecule has 0 atom stereocenters. The van der Waals surface area contributed by atoms with Gasteiger partial charge in [0.15, 0.2) is 0 Å². The van der Waals surface area contributed by atoms with Crippen molar-refractivity contribution in [3.63, 3.8) is 0 Å². The van der Waals surface area contributed by atoms with Crippen LogP contribution in [0.15, 0.2) is 18.2 Å². The molecule has 0 unspecified atom stereocenters. The van der Waals surface area contributed by atoms with Crippen molar-refractivity contribution in [1.82, 2.24) is 10.2 Å². The number of nitrogens with one attached hydrogen (secondary N) is 1. The van der Waals surface area contributed by atoms with Crippen molar-refractivity contribution < 1.29 is 4.74 Å². The molecule has 134 valence electrons. The first-order valence-electron chi connectivity index (χ1n) is 9.07. The molecule has 24 heavy (non-hydrogen) atoms. The molecular formula is C19H28Cl2N2O. The molecule has 2 heterocycles. The van der Waals surface area contributed by atoms with Gasteiger partial charge in [0.1, 0.15) is 5.75 Å². The Morgan fingerprint density at radius 1 is 1.21 bits per heavy atom. The molecule has 2 aliphatic heterocycles. The van der Waals surface area contributed by atoms with Crippen molar-refractivity contribution in [3.05, 3.63) is 28.8 Å². The van der Waals surface area contributed by atoms with Gasteiger partial charge in [0.2, 0.25) is 0 Å². The summed E-state index contributed by atoms with van der Waals surface area (Å²) in [6, 6.07) is 6.10. The molecule has 3 fully saturated rings. The van der Waals surface area contributed by atoms with E-state index in [9.17, 15) is 0 Å². The SMILES string of the molecule is Cl.Clc1ccc(OCC2CC2)c(CN2CCC3(CCNCC3)C2)c1. The Morgan fingerprint density at radius 2 is 2.00 bits per heavy atom. The number of nitrogens with zero attached hydrogens (tertiary/aromatic N) is 1. The Kier molecular flexibility index (Phi) is 5.97. The highest BCUT2D eigenvalue weighted by Gasteiger charge is 2.38. The van der Waals surface area contributed by atoms with Crippen molar-refractivity contribution in [3.8, 4) is 5.75 Å². The third kappa shape index (κ3) is 4.37. The minimum Gasteiger partial charge on any atom is -0.493 e. The van der Waals surface area contributed by atoms with Gasteiger partial charge < -0.3 is 10.1 Å². The second-order valence-corrected chi connectivity index (χ2v) is 8.15. The van der Waals surface area contributed by atoms with E-state index in [1.54, 1.807) is 0 Å². The van der Waals surface area contributed by atoms with Gasteiger partial charge in [0.25, 0.3) is 0 Å². The number of hydrogen-bond donors (Lipinski definition) is 1. The lowest BCUT2D eigenvalue weighted by Gasteiger charge is -2.34. The van der Waals surface area contributed by atoms with Crippen molar-refractivity contribution in [1.29, 1.82) is 0 Å². The van der Waals surface area contributed by atoms with Gasteiger partial charge in [-0.2, -0.15) is 0 Å². The molecule has 5 heteroatoms. The molecule has 1 aliphatic carbocycles. The highest BCUT2D eigenvalue weighted by atomic mass is 35.5. The van der Waals surface area contributed by atoms with E-state index in [-0.39, 0.29) is 12.4 Å². The second-order valence-electron chi connectivity index (χ2n) is 7.72. The maximum atomic E-state index is 6.24. The molecular weight excluding hydrogens is 343 g/mol. The molecule has 1 spiro atoms. The minimum absolute atomic E-state index is 0. The van der Waals surface area contributed by atoms with Crippen LogP contribution in [0.2, 0.25) is 5.02 Å². The molecule has 3 aliphatic rings. The van der Waals surface area contributed by atoms with Crippen LogP contribution in [0.1, 0.15) is 37.7 Å². The quantitative estimate of drug-likeness (QED) is 0.843. The molecule has 1 aromatic carbocycles. The van der Waals surface area contributed by atoms with E-state index in [1.165, 1.54) is 63.8 Å². The van der Waals surface area contributed by atoms with Gasteiger partial charge in [-0.3, -0.25) is 4.90 Å². The van der Waals surface area contributed by atoms with Crippen LogP contribution in [-0.4, -0.2) is 37.7 Å². The van der Waals surface area contributed by atoms with Crippen LogP contribution in [0.5, 0.6) is 5.75 Å². The molecule has 4 rings (SSSR count). The molecule has 1 N–H and O–H groups in total. The molecule has 1 saturated carbocycles. The van der Waals surface area contributed by atoms with Gasteiger partial charge in [-0.05, 0) is 81.3 Å². The molecule has 0 bridgehead atoms. The van der Waals surface area contributed by atoms with Crippen LogP contribution in [0.3, 0.4) is 0 Å². The first kappa shape index (κ1) is 18.3. The Balaban J connectivity index is 0.00000169. The highest BCUT2D eigenvalue weighted by Crippen LogP contribution is 2.40. The summed E-state index contributed by atoms with van der Waals surface area (Å²) in [6.45, 7) is 6.62. The summed E-state index contributed by atoms with van der Waals surface area (Å²) in [5.41, 5.74) is 1.81. The number of benzene rings is 1. The van der Waals surface area contributed by atoms with E-state index in [0.29, 0.717) is 5.41 Å². The summed E-state index contributed by atoms with van der Waals surface area (Å²) >= 11 is 6.24. The number of likely N-dealkylation sites (tertiary alicyclic amines) is 1. The lowest BCUT2D eigenvalue weighted by molar-refractivity contribution is 0.192. The Morgan fingerprint density at radius 3 is 2.75 bits per heavy atom. The average Bonchev–Trinajstić information content (AvgIpc) is 3.31. The average molecular weight is 371 g/mol. The van der Waals surface area contributed by atoms with Crippen LogP contribution < -0.4 is 10.1 Å². The van der Waals surface area contributed by atoms with E-state index in [0.717, 1.165) is 29.8 Å². The summed E-state index contributed by atoms with van der Waals surface area (Å²) in [5, 5.41) is 4.31. The fourth-order valence-corrected chi connectivity index (χ4v) is 4.27. The first-order chi connectivity index (χ1) is 11.2. The summed E-state index contributed by atoms with van der Waals surface area (Å²) in [4.78, 5) is 2.60. The lowest BCUT2D eigenvalue weighted by atomic mass is 9.78.